The molecule has 0 saturated heterocycles. The number of benzene rings is 2. The van der Waals surface area contributed by atoms with Gasteiger partial charge in [0.2, 0.25) is 0 Å². The van der Waals surface area contributed by atoms with Crippen LogP contribution in [0.5, 0.6) is 5.75 Å². The molecule has 0 radical (unpaired) electrons. The summed E-state index contributed by atoms with van der Waals surface area (Å²) in [6.45, 7) is -1.93. The van der Waals surface area contributed by atoms with Gasteiger partial charge in [0, 0.05) is 0 Å². The largest absolute Gasteiger partial charge is 0.482 e. The second-order valence-corrected chi connectivity index (χ2v) is 5.10. The Hall–Kier alpha value is -2.21. The molecule has 1 amide bonds. The smallest absolute Gasteiger partial charge is 0.405 e. The van der Waals surface area contributed by atoms with Gasteiger partial charge in [0.15, 0.2) is 6.61 Å². The van der Waals surface area contributed by atoms with Gasteiger partial charge in [0.25, 0.3) is 5.91 Å². The van der Waals surface area contributed by atoms with Crippen molar-refractivity contribution in [3.63, 3.8) is 0 Å². The molecule has 0 unspecified atom stereocenters. The Bertz CT molecular complexity index is 675. The summed E-state index contributed by atoms with van der Waals surface area (Å²) in [5.74, 6) is -0.640. The van der Waals surface area contributed by atoms with Crippen molar-refractivity contribution in [2.75, 3.05) is 13.2 Å². The minimum Gasteiger partial charge on any atom is -0.482 e. The Morgan fingerprint density at radius 3 is 2.39 bits per heavy atom. The van der Waals surface area contributed by atoms with Crippen LogP contribution in [0.2, 0.25) is 5.02 Å². The third-order valence-corrected chi connectivity index (χ3v) is 3.18. The summed E-state index contributed by atoms with van der Waals surface area (Å²) < 4.78 is 41.1. The number of carbonyl (C=O) groups excluding carboxylic acids is 1. The van der Waals surface area contributed by atoms with Crippen molar-refractivity contribution in [1.29, 1.82) is 0 Å². The lowest BCUT2D eigenvalue weighted by atomic mass is 10.1. The van der Waals surface area contributed by atoms with E-state index in [1.165, 1.54) is 0 Å². The average Bonchev–Trinajstić information content (AvgIpc) is 2.52. The van der Waals surface area contributed by atoms with E-state index < -0.39 is 25.2 Å². The molecule has 0 heterocycles. The van der Waals surface area contributed by atoms with Gasteiger partial charge < -0.3 is 10.1 Å². The molecule has 0 fully saturated rings. The predicted molar refractivity (Wildman–Crippen MR) is 81.4 cm³/mol. The number of halogens is 4. The standard InChI is InChI=1S/C16H13ClF3NO2/c17-13-8-12(11-4-2-1-3-5-11)6-7-14(13)23-9-15(22)21-10-16(18,19)20/h1-8H,9-10H2,(H,21,22). The number of ether oxygens (including phenoxy) is 1. The summed E-state index contributed by atoms with van der Waals surface area (Å²) in [6.07, 6.45) is -4.45. The van der Waals surface area contributed by atoms with Gasteiger partial charge in [-0.2, -0.15) is 13.2 Å². The minimum absolute atomic E-state index is 0.230. The number of hydrogen-bond donors (Lipinski definition) is 1. The first-order valence-corrected chi connectivity index (χ1v) is 7.04. The van der Waals surface area contributed by atoms with Crippen molar-refractivity contribution in [1.82, 2.24) is 5.32 Å². The van der Waals surface area contributed by atoms with Crippen LogP contribution in [0.25, 0.3) is 11.1 Å². The first kappa shape index (κ1) is 17.1. The fourth-order valence-corrected chi connectivity index (χ4v) is 2.06. The Balaban J connectivity index is 1.95. The van der Waals surface area contributed by atoms with Gasteiger partial charge in [0.1, 0.15) is 12.3 Å². The molecule has 0 saturated carbocycles. The molecule has 3 nitrogen and oxygen atoms in total. The van der Waals surface area contributed by atoms with E-state index in [1.807, 2.05) is 30.3 Å². The molecule has 2 rings (SSSR count). The van der Waals surface area contributed by atoms with E-state index in [1.54, 1.807) is 23.5 Å². The number of nitrogens with one attached hydrogen (secondary N) is 1. The SMILES string of the molecule is O=C(COc1ccc(-c2ccccc2)cc1Cl)NCC(F)(F)F. The van der Waals surface area contributed by atoms with Crippen LogP contribution in [0.3, 0.4) is 0 Å². The van der Waals surface area contributed by atoms with Crippen molar-refractivity contribution in [2.45, 2.75) is 6.18 Å². The van der Waals surface area contributed by atoms with Crippen LogP contribution in [0.4, 0.5) is 13.2 Å². The van der Waals surface area contributed by atoms with Crippen LogP contribution in [-0.2, 0) is 4.79 Å². The summed E-state index contributed by atoms with van der Waals surface area (Å²) in [5.41, 5.74) is 1.83. The van der Waals surface area contributed by atoms with Crippen molar-refractivity contribution in [3.05, 3.63) is 53.6 Å². The lowest BCUT2D eigenvalue weighted by Gasteiger charge is -2.11. The van der Waals surface area contributed by atoms with E-state index in [9.17, 15) is 18.0 Å². The molecule has 2 aromatic carbocycles. The quantitative estimate of drug-likeness (QED) is 0.889. The number of rotatable bonds is 5. The third-order valence-electron chi connectivity index (χ3n) is 2.88. The van der Waals surface area contributed by atoms with E-state index in [0.29, 0.717) is 0 Å². The first-order chi connectivity index (χ1) is 10.8. The van der Waals surface area contributed by atoms with E-state index >= 15 is 0 Å². The van der Waals surface area contributed by atoms with Crippen LogP contribution < -0.4 is 10.1 Å². The maximum Gasteiger partial charge on any atom is 0.405 e. The second kappa shape index (κ2) is 7.37. The normalized spacial score (nSPS) is 11.1. The maximum atomic E-state index is 12.0. The van der Waals surface area contributed by atoms with Gasteiger partial charge in [-0.3, -0.25) is 4.79 Å². The molecule has 122 valence electrons. The van der Waals surface area contributed by atoms with E-state index in [0.717, 1.165) is 11.1 Å². The van der Waals surface area contributed by atoms with Crippen molar-refractivity contribution < 1.29 is 22.7 Å². The number of hydrogen-bond acceptors (Lipinski definition) is 2. The highest BCUT2D eigenvalue weighted by molar-refractivity contribution is 6.32. The van der Waals surface area contributed by atoms with E-state index in [4.69, 9.17) is 16.3 Å². The van der Waals surface area contributed by atoms with Gasteiger partial charge in [-0.15, -0.1) is 0 Å². The zero-order chi connectivity index (χ0) is 16.9. The van der Waals surface area contributed by atoms with Gasteiger partial charge >= 0.3 is 6.18 Å². The molecule has 0 aliphatic carbocycles. The number of carbonyl (C=O) groups is 1. The van der Waals surface area contributed by atoms with Crippen molar-refractivity contribution >= 4 is 17.5 Å². The summed E-state index contributed by atoms with van der Waals surface area (Å²) >= 11 is 6.08. The molecule has 0 spiro atoms. The molecule has 2 aromatic rings. The molecular weight excluding hydrogens is 331 g/mol. The molecule has 0 bridgehead atoms. The average molecular weight is 344 g/mol. The highest BCUT2D eigenvalue weighted by Gasteiger charge is 2.27. The van der Waals surface area contributed by atoms with Crippen molar-refractivity contribution in [2.24, 2.45) is 0 Å². The Kier molecular flexibility index (Phi) is 5.50. The van der Waals surface area contributed by atoms with Gasteiger partial charge in [-0.1, -0.05) is 48.0 Å². The fraction of sp³-hybridized carbons (Fsp3) is 0.188. The molecule has 23 heavy (non-hydrogen) atoms. The maximum absolute atomic E-state index is 12.0. The predicted octanol–water partition coefficient (Wildman–Crippen LogP) is 4.06. The minimum atomic E-state index is -4.45. The lowest BCUT2D eigenvalue weighted by molar-refractivity contribution is -0.139. The first-order valence-electron chi connectivity index (χ1n) is 6.66. The van der Waals surface area contributed by atoms with Crippen LogP contribution in [0, 0.1) is 0 Å². The van der Waals surface area contributed by atoms with E-state index in [2.05, 4.69) is 0 Å². The van der Waals surface area contributed by atoms with Crippen LogP contribution >= 0.6 is 11.6 Å². The van der Waals surface area contributed by atoms with Crippen LogP contribution in [0.15, 0.2) is 48.5 Å². The highest BCUT2D eigenvalue weighted by atomic mass is 35.5. The molecule has 0 aliphatic rings. The van der Waals surface area contributed by atoms with Gasteiger partial charge in [-0.25, -0.2) is 0 Å². The summed E-state index contributed by atoms with van der Waals surface area (Å²) in [6, 6.07) is 14.5. The van der Waals surface area contributed by atoms with E-state index in [-0.39, 0.29) is 10.8 Å². The molecule has 0 atom stereocenters. The van der Waals surface area contributed by atoms with Gasteiger partial charge in [0.05, 0.1) is 5.02 Å². The van der Waals surface area contributed by atoms with Gasteiger partial charge in [-0.05, 0) is 23.3 Å². The topological polar surface area (TPSA) is 38.3 Å². The number of alkyl halides is 3. The molecule has 0 aromatic heterocycles. The zero-order valence-corrected chi connectivity index (χ0v) is 12.6. The monoisotopic (exact) mass is 343 g/mol. The highest BCUT2D eigenvalue weighted by Crippen LogP contribution is 2.30. The zero-order valence-electron chi connectivity index (χ0n) is 11.9. The molecule has 7 heteroatoms. The van der Waals surface area contributed by atoms with Crippen LogP contribution in [0.1, 0.15) is 0 Å². The molecular formula is C16H13ClF3NO2. The second-order valence-electron chi connectivity index (χ2n) is 4.69. The number of amides is 1. The summed E-state index contributed by atoms with van der Waals surface area (Å²) in [5, 5.41) is 1.99. The Morgan fingerprint density at radius 2 is 1.78 bits per heavy atom. The summed E-state index contributed by atoms with van der Waals surface area (Å²) in [7, 11) is 0. The summed E-state index contributed by atoms with van der Waals surface area (Å²) in [4.78, 5) is 11.3. The Labute approximate surface area is 136 Å². The molecule has 1 N–H and O–H groups in total. The van der Waals surface area contributed by atoms with Crippen LogP contribution in [-0.4, -0.2) is 25.2 Å². The molecule has 0 aliphatic heterocycles. The van der Waals surface area contributed by atoms with Crippen molar-refractivity contribution in [3.8, 4) is 16.9 Å². The Morgan fingerprint density at radius 1 is 1.09 bits per heavy atom. The lowest BCUT2D eigenvalue weighted by Crippen LogP contribution is -2.36. The fourth-order valence-electron chi connectivity index (χ4n) is 1.82. The third kappa shape index (κ3) is 5.49.